The molecule has 0 saturated carbocycles. The van der Waals surface area contributed by atoms with Gasteiger partial charge in [0.2, 0.25) is 0 Å². The van der Waals surface area contributed by atoms with Gasteiger partial charge in [0.25, 0.3) is 0 Å². The van der Waals surface area contributed by atoms with Crippen molar-refractivity contribution in [2.45, 2.75) is 25.8 Å². The van der Waals surface area contributed by atoms with Crippen LogP contribution in [0, 0.1) is 0 Å². The molecule has 2 aromatic rings. The smallest absolute Gasteiger partial charge is 0.375 e. The highest BCUT2D eigenvalue weighted by Crippen LogP contribution is 2.14. The van der Waals surface area contributed by atoms with Crippen LogP contribution < -0.4 is 5.73 Å². The molecule has 1 aromatic carbocycles. The van der Waals surface area contributed by atoms with Crippen LogP contribution in [-0.2, 0) is 11.4 Å². The van der Waals surface area contributed by atoms with Crippen LogP contribution in [0.4, 0.5) is 0 Å². The predicted octanol–water partition coefficient (Wildman–Crippen LogP) is 3.21. The van der Waals surface area contributed by atoms with E-state index in [1.54, 1.807) is 12.1 Å². The van der Waals surface area contributed by atoms with Gasteiger partial charge >= 0.3 is 5.97 Å². The molecule has 3 rings (SSSR count). The highest BCUT2D eigenvalue weighted by atomic mass is 32.1. The standard InChI is InChI=1S/C18H21N3O2S/c19-17(20-23-18(22)16-5-4-12-24-16)15-8-6-14(7-9-15)13-21-10-2-1-3-11-21/h4-9,12H,1-3,10-11,13H2,(H2,19,20). The summed E-state index contributed by atoms with van der Waals surface area (Å²) in [5.41, 5.74) is 7.90. The topological polar surface area (TPSA) is 67.9 Å². The highest BCUT2D eigenvalue weighted by Gasteiger charge is 2.11. The molecule has 0 bridgehead atoms. The number of hydrogen-bond donors (Lipinski definition) is 1. The van der Waals surface area contributed by atoms with Gasteiger partial charge in [0, 0.05) is 12.1 Å². The van der Waals surface area contributed by atoms with Gasteiger partial charge < -0.3 is 10.6 Å². The maximum Gasteiger partial charge on any atom is 0.375 e. The summed E-state index contributed by atoms with van der Waals surface area (Å²) < 4.78 is 0. The molecule has 1 aliphatic rings. The van der Waals surface area contributed by atoms with Crippen molar-refractivity contribution in [3.63, 3.8) is 0 Å². The summed E-state index contributed by atoms with van der Waals surface area (Å²) in [6, 6.07) is 11.4. The average molecular weight is 343 g/mol. The Bertz CT molecular complexity index is 690. The number of rotatable bonds is 5. The molecule has 1 fully saturated rings. The van der Waals surface area contributed by atoms with E-state index in [2.05, 4.69) is 10.1 Å². The Morgan fingerprint density at radius 3 is 2.58 bits per heavy atom. The highest BCUT2D eigenvalue weighted by molar-refractivity contribution is 7.11. The Morgan fingerprint density at radius 1 is 1.17 bits per heavy atom. The monoisotopic (exact) mass is 343 g/mol. The first-order chi connectivity index (χ1) is 11.7. The van der Waals surface area contributed by atoms with E-state index in [-0.39, 0.29) is 5.84 Å². The zero-order valence-corrected chi connectivity index (χ0v) is 14.3. The van der Waals surface area contributed by atoms with Gasteiger partial charge in [0.1, 0.15) is 4.88 Å². The van der Waals surface area contributed by atoms with Crippen molar-refractivity contribution in [2.75, 3.05) is 13.1 Å². The lowest BCUT2D eigenvalue weighted by atomic mass is 10.1. The first kappa shape index (κ1) is 16.7. The fourth-order valence-corrected chi connectivity index (χ4v) is 3.33. The van der Waals surface area contributed by atoms with Gasteiger partial charge in [-0.25, -0.2) is 4.79 Å². The number of thiophene rings is 1. The van der Waals surface area contributed by atoms with Crippen molar-refractivity contribution in [1.29, 1.82) is 0 Å². The zero-order chi connectivity index (χ0) is 16.8. The average Bonchev–Trinajstić information content (AvgIpc) is 3.16. The van der Waals surface area contributed by atoms with E-state index in [0.29, 0.717) is 4.88 Å². The van der Waals surface area contributed by atoms with Crippen LogP contribution in [-0.4, -0.2) is 29.8 Å². The van der Waals surface area contributed by atoms with Gasteiger partial charge in [-0.05, 0) is 42.9 Å². The Balaban J connectivity index is 1.57. The van der Waals surface area contributed by atoms with Crippen molar-refractivity contribution < 1.29 is 9.63 Å². The molecular weight excluding hydrogens is 322 g/mol. The van der Waals surface area contributed by atoms with Gasteiger partial charge in [-0.15, -0.1) is 11.3 Å². The molecule has 2 heterocycles. The first-order valence-electron chi connectivity index (χ1n) is 8.12. The Kier molecular flexibility index (Phi) is 5.61. The second-order valence-electron chi connectivity index (χ2n) is 5.87. The summed E-state index contributed by atoms with van der Waals surface area (Å²) in [6.07, 6.45) is 3.91. The molecular formula is C18H21N3O2S. The van der Waals surface area contributed by atoms with E-state index in [1.165, 1.54) is 49.3 Å². The van der Waals surface area contributed by atoms with Crippen LogP contribution in [0.2, 0.25) is 0 Å². The molecule has 1 aromatic heterocycles. The Labute approximate surface area is 145 Å². The van der Waals surface area contributed by atoms with Gasteiger partial charge in [-0.2, -0.15) is 0 Å². The third-order valence-corrected chi connectivity index (χ3v) is 4.90. The molecule has 0 spiro atoms. The number of carbonyl (C=O) groups excluding carboxylic acids is 1. The number of nitrogens with two attached hydrogens (primary N) is 1. The predicted molar refractivity (Wildman–Crippen MR) is 96.0 cm³/mol. The number of amidine groups is 1. The lowest BCUT2D eigenvalue weighted by Crippen LogP contribution is -2.29. The van der Waals surface area contributed by atoms with Crippen molar-refractivity contribution >= 4 is 23.1 Å². The molecule has 5 nitrogen and oxygen atoms in total. The van der Waals surface area contributed by atoms with E-state index < -0.39 is 5.97 Å². The minimum Gasteiger partial charge on any atom is -0.380 e. The van der Waals surface area contributed by atoms with Gasteiger partial charge in [0.15, 0.2) is 5.84 Å². The third-order valence-electron chi connectivity index (χ3n) is 4.05. The summed E-state index contributed by atoms with van der Waals surface area (Å²) >= 11 is 1.31. The SMILES string of the molecule is N/C(=N/OC(=O)c1cccs1)c1ccc(CN2CCCCC2)cc1. The van der Waals surface area contributed by atoms with E-state index in [9.17, 15) is 4.79 Å². The minimum absolute atomic E-state index is 0.199. The van der Waals surface area contributed by atoms with Crippen LogP contribution in [0.5, 0.6) is 0 Å². The van der Waals surface area contributed by atoms with Crippen LogP contribution in [0.1, 0.15) is 40.1 Å². The van der Waals surface area contributed by atoms with Crippen molar-refractivity contribution in [3.05, 3.63) is 57.8 Å². The zero-order valence-electron chi connectivity index (χ0n) is 13.5. The molecule has 6 heteroatoms. The molecule has 0 aliphatic carbocycles. The summed E-state index contributed by atoms with van der Waals surface area (Å²) in [7, 11) is 0. The van der Waals surface area contributed by atoms with Gasteiger partial charge in [-0.3, -0.25) is 4.90 Å². The van der Waals surface area contributed by atoms with E-state index >= 15 is 0 Å². The lowest BCUT2D eigenvalue weighted by Gasteiger charge is -2.26. The second kappa shape index (κ2) is 8.08. The molecule has 1 saturated heterocycles. The molecule has 0 atom stereocenters. The number of nitrogens with zero attached hydrogens (tertiary/aromatic N) is 2. The van der Waals surface area contributed by atoms with Crippen molar-refractivity contribution in [2.24, 2.45) is 10.9 Å². The van der Waals surface area contributed by atoms with Crippen LogP contribution in [0.15, 0.2) is 46.9 Å². The molecule has 0 amide bonds. The summed E-state index contributed by atoms with van der Waals surface area (Å²) in [6.45, 7) is 3.30. The molecule has 24 heavy (non-hydrogen) atoms. The minimum atomic E-state index is -0.491. The number of oxime groups is 1. The number of carbonyl (C=O) groups is 1. The fourth-order valence-electron chi connectivity index (χ4n) is 2.74. The second-order valence-corrected chi connectivity index (χ2v) is 6.81. The van der Waals surface area contributed by atoms with Crippen LogP contribution in [0.3, 0.4) is 0 Å². The number of piperidine rings is 1. The molecule has 126 valence electrons. The first-order valence-corrected chi connectivity index (χ1v) is 9.00. The maximum absolute atomic E-state index is 11.7. The quantitative estimate of drug-likeness (QED) is 0.392. The molecule has 0 radical (unpaired) electrons. The lowest BCUT2D eigenvalue weighted by molar-refractivity contribution is 0.0522. The van der Waals surface area contributed by atoms with Crippen LogP contribution >= 0.6 is 11.3 Å². The van der Waals surface area contributed by atoms with Gasteiger partial charge in [-0.1, -0.05) is 41.9 Å². The third kappa shape index (κ3) is 4.43. The van der Waals surface area contributed by atoms with Crippen molar-refractivity contribution in [3.8, 4) is 0 Å². The van der Waals surface area contributed by atoms with Crippen molar-refractivity contribution in [1.82, 2.24) is 4.90 Å². The molecule has 0 unspecified atom stereocenters. The largest absolute Gasteiger partial charge is 0.380 e. The van der Waals surface area contributed by atoms with Gasteiger partial charge in [0.05, 0.1) is 0 Å². The summed E-state index contributed by atoms with van der Waals surface area (Å²) in [5.74, 6) is -0.293. The van der Waals surface area contributed by atoms with Crippen LogP contribution in [0.25, 0.3) is 0 Å². The van der Waals surface area contributed by atoms with E-state index in [4.69, 9.17) is 10.6 Å². The molecule has 2 N–H and O–H groups in total. The Morgan fingerprint density at radius 2 is 1.92 bits per heavy atom. The Hall–Kier alpha value is -2.18. The number of likely N-dealkylation sites (tertiary alicyclic amines) is 1. The summed E-state index contributed by atoms with van der Waals surface area (Å²) in [5, 5.41) is 5.55. The number of hydrogen-bond acceptors (Lipinski definition) is 5. The fraction of sp³-hybridized carbons (Fsp3) is 0.333. The molecule has 1 aliphatic heterocycles. The number of benzene rings is 1. The van der Waals surface area contributed by atoms with E-state index in [0.717, 1.165) is 12.1 Å². The normalized spacial score (nSPS) is 16.1. The summed E-state index contributed by atoms with van der Waals surface area (Å²) in [4.78, 5) is 19.6. The van der Waals surface area contributed by atoms with E-state index in [1.807, 2.05) is 29.6 Å². The maximum atomic E-state index is 11.7.